The molecular formula is C15H12Cl2F2. The molecule has 0 aliphatic heterocycles. The second-order valence-corrected chi connectivity index (χ2v) is 5.04. The predicted octanol–water partition coefficient (Wildman–Crippen LogP) is 5.18. The van der Waals surface area contributed by atoms with Gasteiger partial charge in [0.1, 0.15) is 11.6 Å². The molecule has 100 valence electrons. The van der Waals surface area contributed by atoms with Gasteiger partial charge in [0, 0.05) is 11.8 Å². The van der Waals surface area contributed by atoms with Crippen LogP contribution in [0.4, 0.5) is 8.78 Å². The zero-order valence-electron chi connectivity index (χ0n) is 10.0. The Labute approximate surface area is 121 Å². The van der Waals surface area contributed by atoms with Crippen molar-refractivity contribution in [3.05, 3.63) is 70.2 Å². The molecule has 0 radical (unpaired) electrons. The van der Waals surface area contributed by atoms with Gasteiger partial charge in [0.05, 0.1) is 5.02 Å². The fourth-order valence-electron chi connectivity index (χ4n) is 1.99. The van der Waals surface area contributed by atoms with E-state index in [1.54, 1.807) is 24.3 Å². The Morgan fingerprint density at radius 2 is 1.79 bits per heavy atom. The molecule has 0 saturated carbocycles. The summed E-state index contributed by atoms with van der Waals surface area (Å²) >= 11 is 11.7. The molecule has 0 saturated heterocycles. The maximum Gasteiger partial charge on any atom is 0.144 e. The molecule has 0 spiro atoms. The lowest BCUT2D eigenvalue weighted by Gasteiger charge is -2.15. The second-order valence-electron chi connectivity index (χ2n) is 4.32. The number of benzene rings is 2. The summed E-state index contributed by atoms with van der Waals surface area (Å²) in [5, 5.41) is 0.0880. The third-order valence-electron chi connectivity index (χ3n) is 3.00. The molecular weight excluding hydrogens is 289 g/mol. The summed E-state index contributed by atoms with van der Waals surface area (Å²) in [7, 11) is 0. The quantitative estimate of drug-likeness (QED) is 0.682. The largest absolute Gasteiger partial charge is 0.207 e. The summed E-state index contributed by atoms with van der Waals surface area (Å²) in [5.41, 5.74) is 1.25. The molecule has 0 aliphatic rings. The lowest BCUT2D eigenvalue weighted by Crippen LogP contribution is -2.06. The zero-order valence-corrected chi connectivity index (χ0v) is 11.6. The monoisotopic (exact) mass is 300 g/mol. The van der Waals surface area contributed by atoms with Gasteiger partial charge in [-0.1, -0.05) is 35.9 Å². The van der Waals surface area contributed by atoms with Crippen LogP contribution >= 0.6 is 23.2 Å². The van der Waals surface area contributed by atoms with Crippen LogP contribution in [0, 0.1) is 11.6 Å². The van der Waals surface area contributed by atoms with Crippen LogP contribution in [-0.4, -0.2) is 5.88 Å². The Morgan fingerprint density at radius 1 is 1.05 bits per heavy atom. The molecule has 0 aliphatic carbocycles. The van der Waals surface area contributed by atoms with Crippen molar-refractivity contribution in [3.63, 3.8) is 0 Å². The lowest BCUT2D eigenvalue weighted by molar-refractivity contribution is 0.595. The molecule has 1 atom stereocenters. The first-order valence-corrected chi connectivity index (χ1v) is 6.77. The highest BCUT2D eigenvalue weighted by atomic mass is 35.5. The minimum absolute atomic E-state index is 0.0880. The summed E-state index contributed by atoms with van der Waals surface area (Å²) in [5.74, 6) is -0.615. The Bertz CT molecular complexity index is 570. The lowest BCUT2D eigenvalue weighted by atomic mass is 9.93. The van der Waals surface area contributed by atoms with Crippen LogP contribution in [0.15, 0.2) is 42.5 Å². The van der Waals surface area contributed by atoms with E-state index in [9.17, 15) is 8.78 Å². The van der Waals surface area contributed by atoms with Crippen molar-refractivity contribution in [1.29, 1.82) is 0 Å². The third kappa shape index (κ3) is 3.46. The molecule has 19 heavy (non-hydrogen) atoms. The summed E-state index contributed by atoms with van der Waals surface area (Å²) in [6, 6.07) is 11.1. The molecule has 2 aromatic carbocycles. The Morgan fingerprint density at radius 3 is 2.47 bits per heavy atom. The minimum atomic E-state index is -0.435. The third-order valence-corrected chi connectivity index (χ3v) is 3.67. The van der Waals surface area contributed by atoms with Gasteiger partial charge >= 0.3 is 0 Å². The van der Waals surface area contributed by atoms with Gasteiger partial charge in [-0.2, -0.15) is 0 Å². The van der Waals surface area contributed by atoms with Crippen LogP contribution in [0.3, 0.4) is 0 Å². The van der Waals surface area contributed by atoms with Crippen molar-refractivity contribution in [2.75, 3.05) is 5.88 Å². The summed E-state index contributed by atoms with van der Waals surface area (Å²) in [6.45, 7) is 0. The molecule has 2 rings (SSSR count). The van der Waals surface area contributed by atoms with Crippen molar-refractivity contribution in [1.82, 2.24) is 0 Å². The Balaban J connectivity index is 2.26. The van der Waals surface area contributed by atoms with Crippen LogP contribution in [0.1, 0.15) is 17.0 Å². The molecule has 1 unspecified atom stereocenters. The molecule has 0 fully saturated rings. The van der Waals surface area contributed by atoms with E-state index in [0.29, 0.717) is 12.0 Å². The van der Waals surface area contributed by atoms with Crippen LogP contribution in [0.5, 0.6) is 0 Å². The molecule has 0 heterocycles. The SMILES string of the molecule is Fc1cccc(C(CCl)Cc2cccc(Cl)c2F)c1. The summed E-state index contributed by atoms with van der Waals surface area (Å²) in [4.78, 5) is 0. The number of rotatable bonds is 4. The smallest absolute Gasteiger partial charge is 0.144 e. The van der Waals surface area contributed by atoms with Crippen molar-refractivity contribution in [2.45, 2.75) is 12.3 Å². The van der Waals surface area contributed by atoms with Crippen LogP contribution < -0.4 is 0 Å². The van der Waals surface area contributed by atoms with Gasteiger partial charge in [0.2, 0.25) is 0 Å². The van der Waals surface area contributed by atoms with Crippen LogP contribution in [0.25, 0.3) is 0 Å². The van der Waals surface area contributed by atoms with Gasteiger partial charge in [-0.3, -0.25) is 0 Å². The van der Waals surface area contributed by atoms with Gasteiger partial charge in [-0.05, 0) is 35.7 Å². The average molecular weight is 301 g/mol. The first-order chi connectivity index (χ1) is 9.11. The maximum absolute atomic E-state index is 13.8. The number of halogens is 4. The van der Waals surface area contributed by atoms with Crippen molar-refractivity contribution in [2.24, 2.45) is 0 Å². The summed E-state index contributed by atoms with van der Waals surface area (Å²) < 4.78 is 27.1. The molecule has 2 aromatic rings. The van der Waals surface area contributed by atoms with Gasteiger partial charge in [-0.15, -0.1) is 11.6 Å². The van der Waals surface area contributed by atoms with E-state index in [1.807, 2.05) is 0 Å². The van der Waals surface area contributed by atoms with Gasteiger partial charge in [0.15, 0.2) is 0 Å². The second kappa shape index (κ2) is 6.36. The van der Waals surface area contributed by atoms with E-state index in [1.165, 1.54) is 18.2 Å². The van der Waals surface area contributed by atoms with E-state index < -0.39 is 5.82 Å². The van der Waals surface area contributed by atoms with Gasteiger partial charge in [-0.25, -0.2) is 8.78 Å². The fraction of sp³-hybridized carbons (Fsp3) is 0.200. The number of alkyl halides is 1. The minimum Gasteiger partial charge on any atom is -0.207 e. The highest BCUT2D eigenvalue weighted by molar-refractivity contribution is 6.30. The predicted molar refractivity (Wildman–Crippen MR) is 75.0 cm³/mol. The van der Waals surface area contributed by atoms with Gasteiger partial charge < -0.3 is 0 Å². The van der Waals surface area contributed by atoms with E-state index in [4.69, 9.17) is 23.2 Å². The van der Waals surface area contributed by atoms with E-state index >= 15 is 0 Å². The maximum atomic E-state index is 13.8. The molecule has 0 nitrogen and oxygen atoms in total. The Hall–Kier alpha value is -1.12. The van der Waals surface area contributed by atoms with Crippen molar-refractivity contribution >= 4 is 23.2 Å². The van der Waals surface area contributed by atoms with Crippen molar-refractivity contribution < 1.29 is 8.78 Å². The molecule has 4 heteroatoms. The van der Waals surface area contributed by atoms with Crippen LogP contribution in [-0.2, 0) is 6.42 Å². The van der Waals surface area contributed by atoms with E-state index in [-0.39, 0.29) is 22.6 Å². The molecule has 0 aromatic heterocycles. The highest BCUT2D eigenvalue weighted by Crippen LogP contribution is 2.26. The fourth-order valence-corrected chi connectivity index (χ4v) is 2.47. The normalized spacial score (nSPS) is 12.4. The zero-order chi connectivity index (χ0) is 13.8. The number of hydrogen-bond acceptors (Lipinski definition) is 0. The number of hydrogen-bond donors (Lipinski definition) is 0. The molecule has 0 amide bonds. The van der Waals surface area contributed by atoms with Gasteiger partial charge in [0.25, 0.3) is 0 Å². The van der Waals surface area contributed by atoms with E-state index in [2.05, 4.69) is 0 Å². The standard InChI is InChI=1S/C15H12Cl2F2/c16-9-12(10-3-1-5-13(18)8-10)7-11-4-2-6-14(17)15(11)19/h1-6,8,12H,7,9H2. The highest BCUT2D eigenvalue weighted by Gasteiger charge is 2.15. The van der Waals surface area contributed by atoms with Crippen LogP contribution in [0.2, 0.25) is 5.02 Å². The topological polar surface area (TPSA) is 0 Å². The average Bonchev–Trinajstić information content (AvgIpc) is 2.40. The molecule has 0 N–H and O–H groups in total. The summed E-state index contributed by atoms with van der Waals surface area (Å²) in [6.07, 6.45) is 0.388. The molecule has 0 bridgehead atoms. The van der Waals surface area contributed by atoms with E-state index in [0.717, 1.165) is 5.56 Å². The van der Waals surface area contributed by atoms with Crippen molar-refractivity contribution in [3.8, 4) is 0 Å². The first-order valence-electron chi connectivity index (χ1n) is 5.86. The Kier molecular flexibility index (Phi) is 4.78. The first kappa shape index (κ1) is 14.3.